The third kappa shape index (κ3) is 5.13. The van der Waals surface area contributed by atoms with Gasteiger partial charge in [-0.05, 0) is 33.0 Å². The average molecular weight is 173 g/mol. The van der Waals surface area contributed by atoms with Crippen molar-refractivity contribution in [3.63, 3.8) is 0 Å². The molecule has 0 aromatic heterocycles. The highest BCUT2D eigenvalue weighted by atomic mass is 16.4. The van der Waals surface area contributed by atoms with E-state index in [9.17, 15) is 4.79 Å². The molecule has 3 heteroatoms. The van der Waals surface area contributed by atoms with Crippen LogP contribution in [0.2, 0.25) is 0 Å². The van der Waals surface area contributed by atoms with Crippen LogP contribution in [0.3, 0.4) is 0 Å². The van der Waals surface area contributed by atoms with Crippen molar-refractivity contribution in [2.45, 2.75) is 26.7 Å². The van der Waals surface area contributed by atoms with Crippen LogP contribution >= 0.6 is 0 Å². The number of hydrogen-bond acceptors (Lipinski definition) is 2. The van der Waals surface area contributed by atoms with Crippen molar-refractivity contribution >= 4 is 5.97 Å². The van der Waals surface area contributed by atoms with E-state index in [4.69, 9.17) is 5.11 Å². The third-order valence-electron chi connectivity index (χ3n) is 1.97. The first-order valence-corrected chi connectivity index (χ1v) is 4.49. The van der Waals surface area contributed by atoms with Gasteiger partial charge < -0.3 is 10.0 Å². The van der Waals surface area contributed by atoms with Gasteiger partial charge in [-0.3, -0.25) is 4.79 Å². The van der Waals surface area contributed by atoms with Gasteiger partial charge in [0, 0.05) is 0 Å². The predicted octanol–water partition coefficient (Wildman–Crippen LogP) is 1.44. The summed E-state index contributed by atoms with van der Waals surface area (Å²) < 4.78 is 0. The van der Waals surface area contributed by atoms with Gasteiger partial charge in [0.05, 0.1) is 5.92 Å². The lowest BCUT2D eigenvalue weighted by molar-refractivity contribution is -0.141. The fourth-order valence-electron chi connectivity index (χ4n) is 1.03. The summed E-state index contributed by atoms with van der Waals surface area (Å²) in [7, 11) is 2.03. The summed E-state index contributed by atoms with van der Waals surface area (Å²) in [6.07, 6.45) is 1.86. The smallest absolute Gasteiger partial charge is 0.306 e. The fourth-order valence-corrected chi connectivity index (χ4v) is 1.03. The van der Waals surface area contributed by atoms with Crippen LogP contribution in [-0.4, -0.2) is 36.1 Å². The highest BCUT2D eigenvalue weighted by Crippen LogP contribution is 2.02. The van der Waals surface area contributed by atoms with Gasteiger partial charge in [-0.1, -0.05) is 13.8 Å². The molecule has 0 fully saturated rings. The van der Waals surface area contributed by atoms with Crippen LogP contribution < -0.4 is 0 Å². The molecular formula is C9H19NO2. The lowest BCUT2D eigenvalue weighted by Crippen LogP contribution is -2.24. The van der Waals surface area contributed by atoms with Crippen LogP contribution in [0.25, 0.3) is 0 Å². The second-order valence-corrected chi connectivity index (χ2v) is 3.33. The predicted molar refractivity (Wildman–Crippen MR) is 49.2 cm³/mol. The van der Waals surface area contributed by atoms with E-state index < -0.39 is 5.97 Å². The molecule has 0 rings (SSSR count). The van der Waals surface area contributed by atoms with Gasteiger partial charge in [-0.2, -0.15) is 0 Å². The van der Waals surface area contributed by atoms with Gasteiger partial charge in [0.15, 0.2) is 0 Å². The molecule has 3 nitrogen and oxygen atoms in total. The Morgan fingerprint density at radius 2 is 2.08 bits per heavy atom. The highest BCUT2D eigenvalue weighted by molar-refractivity contribution is 5.69. The molecule has 0 radical (unpaired) electrons. The van der Waals surface area contributed by atoms with E-state index >= 15 is 0 Å². The standard InChI is InChI=1S/C9H19NO2/c1-4-6-10(3)7-5-8(2)9(11)12/h8H,4-7H2,1-3H3,(H,11,12). The molecule has 1 unspecified atom stereocenters. The second kappa shape index (κ2) is 6.00. The molecule has 0 saturated heterocycles. The van der Waals surface area contributed by atoms with Crippen molar-refractivity contribution in [2.24, 2.45) is 5.92 Å². The SMILES string of the molecule is CCCN(C)CCC(C)C(=O)O. The zero-order valence-electron chi connectivity index (χ0n) is 8.21. The summed E-state index contributed by atoms with van der Waals surface area (Å²) in [5, 5.41) is 8.61. The van der Waals surface area contributed by atoms with E-state index in [1.807, 2.05) is 7.05 Å². The zero-order chi connectivity index (χ0) is 9.56. The number of carboxylic acids is 1. The monoisotopic (exact) mass is 173 g/mol. The molecule has 0 heterocycles. The summed E-state index contributed by atoms with van der Waals surface area (Å²) in [6, 6.07) is 0. The van der Waals surface area contributed by atoms with Crippen molar-refractivity contribution in [3.05, 3.63) is 0 Å². The number of aliphatic carboxylic acids is 1. The molecule has 0 saturated carbocycles. The van der Waals surface area contributed by atoms with Gasteiger partial charge in [-0.15, -0.1) is 0 Å². The van der Waals surface area contributed by atoms with Crippen LogP contribution in [0.15, 0.2) is 0 Å². The van der Waals surface area contributed by atoms with Crippen molar-refractivity contribution in [1.29, 1.82) is 0 Å². The Kier molecular flexibility index (Phi) is 5.72. The zero-order valence-corrected chi connectivity index (χ0v) is 8.21. The number of carbonyl (C=O) groups is 1. The molecule has 72 valence electrons. The summed E-state index contributed by atoms with van der Waals surface area (Å²) in [5.41, 5.74) is 0. The Morgan fingerprint density at radius 3 is 2.50 bits per heavy atom. The normalized spacial score (nSPS) is 13.3. The van der Waals surface area contributed by atoms with Crippen molar-refractivity contribution in [2.75, 3.05) is 20.1 Å². The molecule has 0 aliphatic heterocycles. The van der Waals surface area contributed by atoms with Gasteiger partial charge in [0.25, 0.3) is 0 Å². The van der Waals surface area contributed by atoms with Gasteiger partial charge in [-0.25, -0.2) is 0 Å². The van der Waals surface area contributed by atoms with Crippen LogP contribution in [0, 0.1) is 5.92 Å². The Labute approximate surface area is 74.4 Å². The Hall–Kier alpha value is -0.570. The topological polar surface area (TPSA) is 40.5 Å². The van der Waals surface area contributed by atoms with Crippen molar-refractivity contribution in [1.82, 2.24) is 4.90 Å². The first kappa shape index (κ1) is 11.4. The first-order chi connectivity index (χ1) is 5.57. The van der Waals surface area contributed by atoms with E-state index in [0.29, 0.717) is 0 Å². The van der Waals surface area contributed by atoms with Crippen molar-refractivity contribution in [3.8, 4) is 0 Å². The maximum Gasteiger partial charge on any atom is 0.306 e. The van der Waals surface area contributed by atoms with E-state index in [-0.39, 0.29) is 5.92 Å². The Morgan fingerprint density at radius 1 is 1.50 bits per heavy atom. The molecule has 0 aliphatic rings. The number of rotatable bonds is 6. The van der Waals surface area contributed by atoms with Gasteiger partial charge >= 0.3 is 5.97 Å². The molecule has 0 bridgehead atoms. The van der Waals surface area contributed by atoms with E-state index in [2.05, 4.69) is 11.8 Å². The minimum Gasteiger partial charge on any atom is -0.481 e. The average Bonchev–Trinajstić information content (AvgIpc) is 2.00. The fraction of sp³-hybridized carbons (Fsp3) is 0.889. The molecule has 12 heavy (non-hydrogen) atoms. The number of carboxylic acid groups (broad SMARTS) is 1. The summed E-state index contributed by atoms with van der Waals surface area (Å²) in [5.74, 6) is -0.913. The third-order valence-corrected chi connectivity index (χ3v) is 1.97. The molecule has 0 aromatic carbocycles. The van der Waals surface area contributed by atoms with Crippen LogP contribution in [-0.2, 0) is 4.79 Å². The molecular weight excluding hydrogens is 154 g/mol. The van der Waals surface area contributed by atoms with Crippen LogP contribution in [0.1, 0.15) is 26.7 Å². The van der Waals surface area contributed by atoms with Crippen LogP contribution in [0.4, 0.5) is 0 Å². The summed E-state index contributed by atoms with van der Waals surface area (Å²) >= 11 is 0. The summed E-state index contributed by atoms with van der Waals surface area (Å²) in [4.78, 5) is 12.6. The lowest BCUT2D eigenvalue weighted by atomic mass is 10.1. The molecule has 0 amide bonds. The van der Waals surface area contributed by atoms with E-state index in [1.165, 1.54) is 0 Å². The maximum atomic E-state index is 10.5. The minimum absolute atomic E-state index is 0.218. The van der Waals surface area contributed by atoms with Crippen molar-refractivity contribution < 1.29 is 9.90 Å². The van der Waals surface area contributed by atoms with Gasteiger partial charge in [0.2, 0.25) is 0 Å². The van der Waals surface area contributed by atoms with Crippen LogP contribution in [0.5, 0.6) is 0 Å². The number of hydrogen-bond donors (Lipinski definition) is 1. The first-order valence-electron chi connectivity index (χ1n) is 4.49. The molecule has 0 aliphatic carbocycles. The largest absolute Gasteiger partial charge is 0.481 e. The maximum absolute atomic E-state index is 10.5. The Balaban J connectivity index is 3.46. The molecule has 0 aromatic rings. The number of nitrogens with zero attached hydrogens (tertiary/aromatic N) is 1. The summed E-state index contributed by atoms with van der Waals surface area (Å²) in [6.45, 7) is 5.80. The highest BCUT2D eigenvalue weighted by Gasteiger charge is 2.10. The van der Waals surface area contributed by atoms with Gasteiger partial charge in [0.1, 0.15) is 0 Å². The van der Waals surface area contributed by atoms with E-state index in [0.717, 1.165) is 25.9 Å². The molecule has 1 N–H and O–H groups in total. The van der Waals surface area contributed by atoms with E-state index in [1.54, 1.807) is 6.92 Å². The lowest BCUT2D eigenvalue weighted by Gasteiger charge is -2.16. The second-order valence-electron chi connectivity index (χ2n) is 3.33. The Bertz CT molecular complexity index is 136. The molecule has 1 atom stereocenters. The quantitative estimate of drug-likeness (QED) is 0.660. The molecule has 0 spiro atoms. The minimum atomic E-state index is -0.695.